The Kier molecular flexibility index (Phi) is 6.19. The predicted molar refractivity (Wildman–Crippen MR) is 120 cm³/mol. The molecule has 1 aromatic heterocycles. The second-order valence-electron chi connectivity index (χ2n) is 6.92. The van der Waals surface area contributed by atoms with E-state index in [1.165, 1.54) is 23.9 Å². The summed E-state index contributed by atoms with van der Waals surface area (Å²) in [6.45, 7) is 0. The topological polar surface area (TPSA) is 69.0 Å². The first-order chi connectivity index (χ1) is 15.7. The molecule has 168 valence electrons. The van der Waals surface area contributed by atoms with Crippen LogP contribution in [0.15, 0.2) is 77.3 Å². The predicted octanol–water partition coefficient (Wildman–Crippen LogP) is 5.98. The molecule has 0 aliphatic carbocycles. The molecular formula is C23H16BrF3N4O2. The number of nitrogens with zero attached hydrogens (tertiary/aromatic N) is 3. The number of nitrogens with one attached hydrogen (secondary N) is 1. The second-order valence-corrected chi connectivity index (χ2v) is 7.84. The number of anilines is 1. The van der Waals surface area contributed by atoms with Gasteiger partial charge in [0.25, 0.3) is 5.91 Å². The number of alkyl halides is 3. The maximum Gasteiger partial charge on any atom is 0.416 e. The molecule has 1 heterocycles. The van der Waals surface area contributed by atoms with Gasteiger partial charge in [-0.05, 0) is 54.6 Å². The molecule has 0 radical (unpaired) electrons. The van der Waals surface area contributed by atoms with E-state index in [9.17, 15) is 18.0 Å². The normalized spacial score (nSPS) is 11.3. The second kappa shape index (κ2) is 9.07. The average Bonchev–Trinajstić information content (AvgIpc) is 3.24. The van der Waals surface area contributed by atoms with Crippen molar-refractivity contribution in [1.29, 1.82) is 0 Å². The van der Waals surface area contributed by atoms with Crippen molar-refractivity contribution in [3.63, 3.8) is 0 Å². The summed E-state index contributed by atoms with van der Waals surface area (Å²) in [6.07, 6.45) is -4.43. The average molecular weight is 517 g/mol. The Balaban J connectivity index is 1.60. The summed E-state index contributed by atoms with van der Waals surface area (Å²) >= 11 is 3.34. The first-order valence-electron chi connectivity index (χ1n) is 9.60. The van der Waals surface area contributed by atoms with Gasteiger partial charge >= 0.3 is 12.2 Å². The molecule has 3 aromatic carbocycles. The van der Waals surface area contributed by atoms with Crippen LogP contribution in [-0.4, -0.2) is 27.8 Å². The summed E-state index contributed by atoms with van der Waals surface area (Å²) in [5.74, 6) is 0.0448. The fraction of sp³-hybridized carbons (Fsp3) is 0.0870. The van der Waals surface area contributed by atoms with Gasteiger partial charge in [0.15, 0.2) is 5.82 Å². The van der Waals surface area contributed by atoms with Crippen LogP contribution < -0.4 is 10.1 Å². The molecule has 4 rings (SSSR count). The number of amides is 1. The standard InChI is InChI=1S/C23H16BrF3N4O2/c1-33-22-29-20(14-5-7-16(8-6-14)23(25,26)27)31(30-22)19-11-9-18(10-12-19)28-21(32)15-3-2-4-17(24)13-15/h2-13H,1H3,(H,28,32). The first-order valence-corrected chi connectivity index (χ1v) is 10.4. The molecule has 1 amide bonds. The number of hydrogen-bond donors (Lipinski definition) is 1. The molecular weight excluding hydrogens is 501 g/mol. The Morgan fingerprint density at radius 2 is 1.73 bits per heavy atom. The van der Waals surface area contributed by atoms with Gasteiger partial charge in [-0.1, -0.05) is 34.1 Å². The van der Waals surface area contributed by atoms with Crippen LogP contribution in [0.3, 0.4) is 0 Å². The monoisotopic (exact) mass is 516 g/mol. The van der Waals surface area contributed by atoms with Gasteiger partial charge < -0.3 is 10.1 Å². The highest BCUT2D eigenvalue weighted by atomic mass is 79.9. The SMILES string of the molecule is COc1nc(-c2ccc(C(F)(F)F)cc2)n(-c2ccc(NC(=O)c3cccc(Br)c3)cc2)n1. The Bertz CT molecular complexity index is 1290. The summed E-state index contributed by atoms with van der Waals surface area (Å²) in [5.41, 5.74) is 1.33. The van der Waals surface area contributed by atoms with Crippen molar-refractivity contribution in [2.24, 2.45) is 0 Å². The molecule has 0 atom stereocenters. The summed E-state index contributed by atoms with van der Waals surface area (Å²) < 4.78 is 46.0. The van der Waals surface area contributed by atoms with Gasteiger partial charge in [0.1, 0.15) is 0 Å². The number of halogens is 4. The molecule has 4 aromatic rings. The molecule has 0 aliphatic rings. The molecule has 33 heavy (non-hydrogen) atoms. The van der Waals surface area contributed by atoms with Gasteiger partial charge in [-0.15, -0.1) is 5.10 Å². The van der Waals surface area contributed by atoms with E-state index in [0.717, 1.165) is 16.6 Å². The highest BCUT2D eigenvalue weighted by molar-refractivity contribution is 9.10. The molecule has 0 saturated heterocycles. The molecule has 0 fully saturated rings. The van der Waals surface area contributed by atoms with E-state index in [4.69, 9.17) is 4.74 Å². The van der Waals surface area contributed by atoms with Crippen molar-refractivity contribution in [2.45, 2.75) is 6.18 Å². The van der Waals surface area contributed by atoms with E-state index >= 15 is 0 Å². The van der Waals surface area contributed by atoms with E-state index in [-0.39, 0.29) is 11.9 Å². The summed E-state index contributed by atoms with van der Waals surface area (Å²) in [6, 6.07) is 18.5. The minimum Gasteiger partial charge on any atom is -0.466 e. The first kappa shape index (κ1) is 22.5. The third kappa shape index (κ3) is 5.06. The smallest absolute Gasteiger partial charge is 0.416 e. The van der Waals surface area contributed by atoms with Crippen molar-refractivity contribution in [3.8, 4) is 23.1 Å². The van der Waals surface area contributed by atoms with Crippen LogP contribution in [0.5, 0.6) is 6.01 Å². The Morgan fingerprint density at radius 3 is 2.33 bits per heavy atom. The van der Waals surface area contributed by atoms with Gasteiger partial charge in [0.2, 0.25) is 0 Å². The third-order valence-electron chi connectivity index (χ3n) is 4.70. The van der Waals surface area contributed by atoms with Crippen LogP contribution in [0.4, 0.5) is 18.9 Å². The highest BCUT2D eigenvalue weighted by Crippen LogP contribution is 2.31. The van der Waals surface area contributed by atoms with Gasteiger partial charge in [0, 0.05) is 21.3 Å². The maximum absolute atomic E-state index is 12.9. The molecule has 0 saturated carbocycles. The minimum absolute atomic E-state index is 0.0666. The summed E-state index contributed by atoms with van der Waals surface area (Å²) in [7, 11) is 1.40. The van der Waals surface area contributed by atoms with Gasteiger partial charge in [-0.25, -0.2) is 4.68 Å². The zero-order chi connectivity index (χ0) is 23.6. The summed E-state index contributed by atoms with van der Waals surface area (Å²) in [5, 5.41) is 7.07. The largest absolute Gasteiger partial charge is 0.466 e. The van der Waals surface area contributed by atoms with Crippen LogP contribution in [-0.2, 0) is 6.18 Å². The van der Waals surface area contributed by atoms with Crippen molar-refractivity contribution in [2.75, 3.05) is 12.4 Å². The van der Waals surface area contributed by atoms with Gasteiger partial charge in [-0.3, -0.25) is 4.79 Å². The van der Waals surface area contributed by atoms with Crippen molar-refractivity contribution in [3.05, 3.63) is 88.4 Å². The van der Waals surface area contributed by atoms with Crippen LogP contribution >= 0.6 is 15.9 Å². The maximum atomic E-state index is 12.9. The van der Waals surface area contributed by atoms with E-state index < -0.39 is 11.7 Å². The molecule has 10 heteroatoms. The van der Waals surface area contributed by atoms with Crippen molar-refractivity contribution >= 4 is 27.5 Å². The van der Waals surface area contributed by atoms with E-state index in [2.05, 4.69) is 31.3 Å². The fourth-order valence-corrected chi connectivity index (χ4v) is 3.47. The number of benzene rings is 3. The zero-order valence-electron chi connectivity index (χ0n) is 17.1. The van der Waals surface area contributed by atoms with Crippen LogP contribution in [0.2, 0.25) is 0 Å². The van der Waals surface area contributed by atoms with Gasteiger partial charge in [0.05, 0.1) is 18.4 Å². The minimum atomic E-state index is -4.43. The zero-order valence-corrected chi connectivity index (χ0v) is 18.7. The number of carbonyl (C=O) groups excluding carboxylic acids is 1. The molecule has 6 nitrogen and oxygen atoms in total. The molecule has 1 N–H and O–H groups in total. The third-order valence-corrected chi connectivity index (χ3v) is 5.19. The van der Waals surface area contributed by atoms with Crippen molar-refractivity contribution < 1.29 is 22.7 Å². The number of methoxy groups -OCH3 is 1. The van der Waals surface area contributed by atoms with Gasteiger partial charge in [-0.2, -0.15) is 18.2 Å². The van der Waals surface area contributed by atoms with Crippen molar-refractivity contribution in [1.82, 2.24) is 14.8 Å². The molecule has 0 aliphatic heterocycles. The number of carbonyl (C=O) groups is 1. The van der Waals surface area contributed by atoms with E-state index in [1.54, 1.807) is 42.5 Å². The van der Waals surface area contributed by atoms with E-state index in [1.807, 2.05) is 6.07 Å². The van der Waals surface area contributed by atoms with E-state index in [0.29, 0.717) is 28.3 Å². The lowest BCUT2D eigenvalue weighted by atomic mass is 10.1. The number of aromatic nitrogens is 3. The Hall–Kier alpha value is -3.66. The molecule has 0 unspecified atom stereocenters. The lowest BCUT2D eigenvalue weighted by Gasteiger charge is -2.10. The molecule has 0 spiro atoms. The fourth-order valence-electron chi connectivity index (χ4n) is 3.07. The summed E-state index contributed by atoms with van der Waals surface area (Å²) in [4.78, 5) is 16.7. The number of ether oxygens (including phenoxy) is 1. The number of hydrogen-bond acceptors (Lipinski definition) is 4. The lowest BCUT2D eigenvalue weighted by molar-refractivity contribution is -0.137. The quantitative estimate of drug-likeness (QED) is 0.354. The highest BCUT2D eigenvalue weighted by Gasteiger charge is 2.30. The Labute approximate surface area is 195 Å². The van der Waals surface area contributed by atoms with Crippen LogP contribution in [0.25, 0.3) is 17.1 Å². The van der Waals surface area contributed by atoms with Crippen LogP contribution in [0.1, 0.15) is 15.9 Å². The Morgan fingerprint density at radius 1 is 1.03 bits per heavy atom. The number of rotatable bonds is 5. The molecule has 0 bridgehead atoms. The van der Waals surface area contributed by atoms with Crippen LogP contribution in [0, 0.1) is 0 Å². The lowest BCUT2D eigenvalue weighted by Crippen LogP contribution is -2.11.